The van der Waals surface area contributed by atoms with E-state index in [0.717, 1.165) is 16.8 Å². The maximum absolute atomic E-state index is 14.0. The standard InChI is InChI=1S/C14H18ClFN4/c1-8-4-5-12(16)11(6-8)13(18-17)7-10-9(2)19-20(3)14(10)15/h4-6,13,18H,7,17H2,1-3H3. The van der Waals surface area contributed by atoms with Crippen LogP contribution in [0.15, 0.2) is 18.2 Å². The van der Waals surface area contributed by atoms with E-state index in [1.54, 1.807) is 23.9 Å². The number of rotatable bonds is 4. The fraction of sp³-hybridized carbons (Fsp3) is 0.357. The highest BCUT2D eigenvalue weighted by molar-refractivity contribution is 6.30. The van der Waals surface area contributed by atoms with Gasteiger partial charge in [-0.15, -0.1) is 0 Å². The predicted molar refractivity (Wildman–Crippen MR) is 77.9 cm³/mol. The number of hydrazine groups is 1. The van der Waals surface area contributed by atoms with Crippen LogP contribution in [-0.4, -0.2) is 9.78 Å². The Morgan fingerprint density at radius 3 is 2.70 bits per heavy atom. The normalized spacial score (nSPS) is 12.7. The van der Waals surface area contributed by atoms with Crippen LogP contribution in [0.25, 0.3) is 0 Å². The summed E-state index contributed by atoms with van der Waals surface area (Å²) in [4.78, 5) is 0. The van der Waals surface area contributed by atoms with Crippen molar-refractivity contribution in [2.75, 3.05) is 0 Å². The van der Waals surface area contributed by atoms with E-state index >= 15 is 0 Å². The fourth-order valence-corrected chi connectivity index (χ4v) is 2.55. The molecule has 6 heteroatoms. The van der Waals surface area contributed by atoms with Gasteiger partial charge in [0.25, 0.3) is 0 Å². The van der Waals surface area contributed by atoms with Crippen LogP contribution in [0.1, 0.15) is 28.4 Å². The Morgan fingerprint density at radius 1 is 1.45 bits per heavy atom. The Bertz CT molecular complexity index is 624. The zero-order chi connectivity index (χ0) is 14.9. The molecule has 1 unspecified atom stereocenters. The molecule has 0 saturated carbocycles. The van der Waals surface area contributed by atoms with E-state index in [2.05, 4.69) is 10.5 Å². The first-order valence-electron chi connectivity index (χ1n) is 6.34. The molecule has 20 heavy (non-hydrogen) atoms. The molecule has 1 atom stereocenters. The number of benzene rings is 1. The van der Waals surface area contributed by atoms with Crippen molar-refractivity contribution in [3.63, 3.8) is 0 Å². The first-order chi connectivity index (χ1) is 9.43. The molecule has 0 radical (unpaired) electrons. The van der Waals surface area contributed by atoms with Crippen molar-refractivity contribution < 1.29 is 4.39 Å². The van der Waals surface area contributed by atoms with Crippen LogP contribution in [0.5, 0.6) is 0 Å². The molecule has 0 saturated heterocycles. The second-order valence-corrected chi connectivity index (χ2v) is 5.28. The van der Waals surface area contributed by atoms with Crippen molar-refractivity contribution in [1.82, 2.24) is 15.2 Å². The Kier molecular flexibility index (Phi) is 4.42. The average Bonchev–Trinajstić information content (AvgIpc) is 2.65. The van der Waals surface area contributed by atoms with Crippen molar-refractivity contribution in [2.45, 2.75) is 26.3 Å². The van der Waals surface area contributed by atoms with Crippen molar-refractivity contribution >= 4 is 11.6 Å². The highest BCUT2D eigenvalue weighted by Gasteiger charge is 2.20. The third-order valence-electron chi connectivity index (χ3n) is 3.41. The van der Waals surface area contributed by atoms with E-state index in [-0.39, 0.29) is 11.9 Å². The lowest BCUT2D eigenvalue weighted by Gasteiger charge is -2.17. The third-order valence-corrected chi connectivity index (χ3v) is 3.88. The van der Waals surface area contributed by atoms with E-state index in [9.17, 15) is 4.39 Å². The first kappa shape index (κ1) is 15.0. The van der Waals surface area contributed by atoms with Crippen LogP contribution in [0.3, 0.4) is 0 Å². The summed E-state index contributed by atoms with van der Waals surface area (Å²) >= 11 is 6.21. The molecule has 3 N–H and O–H groups in total. The van der Waals surface area contributed by atoms with Gasteiger partial charge in [-0.05, 0) is 26.3 Å². The molecular weight excluding hydrogens is 279 g/mol. The second kappa shape index (κ2) is 5.91. The van der Waals surface area contributed by atoms with Gasteiger partial charge in [-0.25, -0.2) is 4.39 Å². The largest absolute Gasteiger partial charge is 0.271 e. The van der Waals surface area contributed by atoms with Gasteiger partial charge in [0.05, 0.1) is 11.7 Å². The van der Waals surface area contributed by atoms with E-state index < -0.39 is 0 Å². The van der Waals surface area contributed by atoms with Gasteiger partial charge in [-0.2, -0.15) is 5.10 Å². The Hall–Kier alpha value is -1.43. The number of aryl methyl sites for hydroxylation is 3. The van der Waals surface area contributed by atoms with Gasteiger partial charge in [0.1, 0.15) is 11.0 Å². The molecular formula is C14H18ClFN4. The number of nitrogens with zero attached hydrogens (tertiary/aromatic N) is 2. The molecule has 0 bridgehead atoms. The van der Waals surface area contributed by atoms with E-state index in [1.807, 2.05) is 13.8 Å². The van der Waals surface area contributed by atoms with Gasteiger partial charge in [0.15, 0.2) is 0 Å². The summed E-state index contributed by atoms with van der Waals surface area (Å²) in [6.45, 7) is 3.79. The van der Waals surface area contributed by atoms with Gasteiger partial charge in [0.2, 0.25) is 0 Å². The molecule has 108 valence electrons. The first-order valence-corrected chi connectivity index (χ1v) is 6.72. The lowest BCUT2D eigenvalue weighted by molar-refractivity contribution is 0.509. The lowest BCUT2D eigenvalue weighted by Crippen LogP contribution is -2.30. The minimum Gasteiger partial charge on any atom is -0.271 e. The van der Waals surface area contributed by atoms with Crippen LogP contribution in [0, 0.1) is 19.7 Å². The van der Waals surface area contributed by atoms with Gasteiger partial charge in [0, 0.05) is 18.2 Å². The smallest absolute Gasteiger partial charge is 0.130 e. The van der Waals surface area contributed by atoms with Crippen LogP contribution in [0.2, 0.25) is 5.15 Å². The maximum Gasteiger partial charge on any atom is 0.130 e. The van der Waals surface area contributed by atoms with E-state index in [1.165, 1.54) is 6.07 Å². The molecule has 2 aromatic rings. The monoisotopic (exact) mass is 296 g/mol. The number of halogens is 2. The Balaban J connectivity index is 2.36. The summed E-state index contributed by atoms with van der Waals surface area (Å²) in [6, 6.07) is 4.62. The molecule has 0 aliphatic carbocycles. The SMILES string of the molecule is Cc1ccc(F)c(C(Cc2c(C)nn(C)c2Cl)NN)c1. The number of nitrogens with two attached hydrogens (primary N) is 1. The van der Waals surface area contributed by atoms with Crippen LogP contribution in [0.4, 0.5) is 4.39 Å². The number of aromatic nitrogens is 2. The molecule has 0 fully saturated rings. The number of hydrogen-bond donors (Lipinski definition) is 2. The Labute approximate surface area is 122 Å². The van der Waals surface area contributed by atoms with E-state index in [4.69, 9.17) is 17.4 Å². The van der Waals surface area contributed by atoms with Crippen LogP contribution < -0.4 is 11.3 Å². The van der Waals surface area contributed by atoms with Gasteiger partial charge in [-0.1, -0.05) is 29.3 Å². The summed E-state index contributed by atoms with van der Waals surface area (Å²) in [5.74, 6) is 5.31. The Morgan fingerprint density at radius 2 is 2.15 bits per heavy atom. The molecule has 0 amide bonds. The maximum atomic E-state index is 14.0. The van der Waals surface area contributed by atoms with Crippen molar-refractivity contribution in [1.29, 1.82) is 0 Å². The van der Waals surface area contributed by atoms with Gasteiger partial charge >= 0.3 is 0 Å². The van der Waals surface area contributed by atoms with Crippen molar-refractivity contribution in [3.05, 3.63) is 51.6 Å². The topological polar surface area (TPSA) is 55.9 Å². The zero-order valence-electron chi connectivity index (χ0n) is 11.7. The molecule has 0 aliphatic rings. The molecule has 4 nitrogen and oxygen atoms in total. The highest BCUT2D eigenvalue weighted by Crippen LogP contribution is 2.27. The van der Waals surface area contributed by atoms with Gasteiger partial charge in [-0.3, -0.25) is 16.0 Å². The lowest BCUT2D eigenvalue weighted by atomic mass is 9.98. The van der Waals surface area contributed by atoms with Crippen molar-refractivity contribution in [2.24, 2.45) is 12.9 Å². The van der Waals surface area contributed by atoms with Crippen LogP contribution >= 0.6 is 11.6 Å². The fourth-order valence-electron chi connectivity index (χ4n) is 2.30. The molecule has 2 rings (SSSR count). The minimum absolute atomic E-state index is 0.281. The summed E-state index contributed by atoms with van der Waals surface area (Å²) in [5.41, 5.74) is 5.88. The minimum atomic E-state index is -0.352. The summed E-state index contributed by atoms with van der Waals surface area (Å²) in [5, 5.41) is 4.81. The van der Waals surface area contributed by atoms with Gasteiger partial charge < -0.3 is 0 Å². The van der Waals surface area contributed by atoms with Crippen LogP contribution in [-0.2, 0) is 13.5 Å². The third kappa shape index (κ3) is 2.85. The number of hydrogen-bond acceptors (Lipinski definition) is 3. The molecule has 1 aromatic carbocycles. The molecule has 0 aliphatic heterocycles. The highest BCUT2D eigenvalue weighted by atomic mass is 35.5. The summed E-state index contributed by atoms with van der Waals surface area (Å²) in [7, 11) is 1.77. The summed E-state index contributed by atoms with van der Waals surface area (Å²) in [6.07, 6.45) is 0.482. The predicted octanol–water partition coefficient (Wildman–Crippen LogP) is 2.58. The zero-order valence-corrected chi connectivity index (χ0v) is 12.5. The quantitative estimate of drug-likeness (QED) is 0.673. The second-order valence-electron chi connectivity index (χ2n) is 4.93. The summed E-state index contributed by atoms with van der Waals surface area (Å²) < 4.78 is 15.6. The van der Waals surface area contributed by atoms with E-state index in [0.29, 0.717) is 17.1 Å². The molecule has 0 spiro atoms. The number of nitrogens with one attached hydrogen (secondary N) is 1. The molecule has 1 aromatic heterocycles. The average molecular weight is 297 g/mol. The molecule has 1 heterocycles. The van der Waals surface area contributed by atoms with Crippen molar-refractivity contribution in [3.8, 4) is 0 Å².